The molecule has 7 nitrogen and oxygen atoms in total. The number of nitrogens with one attached hydrogen (secondary N) is 1. The Kier molecular flexibility index (Phi) is 6.21. The summed E-state index contributed by atoms with van der Waals surface area (Å²) in [5.41, 5.74) is 0.647. The Labute approximate surface area is 171 Å². The Balaban J connectivity index is 1.58. The number of carbonyl (C=O) groups excluding carboxylic acids is 1. The first-order valence-electron chi connectivity index (χ1n) is 8.85. The van der Waals surface area contributed by atoms with Gasteiger partial charge in [0.1, 0.15) is 16.4 Å². The highest BCUT2D eigenvalue weighted by Crippen LogP contribution is 2.26. The van der Waals surface area contributed by atoms with Gasteiger partial charge in [-0.05, 0) is 54.2 Å². The molecular weight excluding hydrogens is 453 g/mol. The number of halogens is 2. The maximum atomic E-state index is 14.0. The first kappa shape index (κ1) is 20.9. The summed E-state index contributed by atoms with van der Waals surface area (Å²) < 4.78 is 46.3. The lowest BCUT2D eigenvalue weighted by atomic mass is 10.1. The van der Waals surface area contributed by atoms with E-state index in [1.165, 1.54) is 4.31 Å². The van der Waals surface area contributed by atoms with Crippen LogP contribution < -0.4 is 5.32 Å². The van der Waals surface area contributed by atoms with Gasteiger partial charge in [-0.1, -0.05) is 17.3 Å². The van der Waals surface area contributed by atoms with Gasteiger partial charge in [-0.25, -0.2) is 12.8 Å². The summed E-state index contributed by atoms with van der Waals surface area (Å²) in [6.45, 7) is 3.73. The number of aryl methyl sites for hydroxylation is 2. The van der Waals surface area contributed by atoms with Crippen LogP contribution in [-0.4, -0.2) is 42.9 Å². The number of hydrogen-bond acceptors (Lipinski definition) is 5. The standard InChI is InChI=1S/C18H21BrFN3O4S/c1-11-18(12(2)27-22-11)28(25,26)23-8-6-14(7-9-23)21-16(24)10-13-4-3-5-15(19)17(13)20/h3-5,14H,6-10H2,1-2H3,(H,21,24). The van der Waals surface area contributed by atoms with Gasteiger partial charge in [0.25, 0.3) is 0 Å². The topological polar surface area (TPSA) is 92.5 Å². The Morgan fingerprint density at radius 3 is 2.64 bits per heavy atom. The van der Waals surface area contributed by atoms with E-state index in [1.54, 1.807) is 32.0 Å². The highest BCUT2D eigenvalue weighted by molar-refractivity contribution is 9.10. The minimum absolute atomic E-state index is 0.0666. The van der Waals surface area contributed by atoms with Crippen LogP contribution in [0.4, 0.5) is 4.39 Å². The number of nitrogens with zero attached hydrogens (tertiary/aromatic N) is 2. The molecule has 0 unspecified atom stereocenters. The highest BCUT2D eigenvalue weighted by Gasteiger charge is 2.34. The molecule has 1 fully saturated rings. The third-order valence-electron chi connectivity index (χ3n) is 4.77. The zero-order valence-electron chi connectivity index (χ0n) is 15.5. The van der Waals surface area contributed by atoms with Gasteiger partial charge < -0.3 is 9.84 Å². The fraction of sp³-hybridized carbons (Fsp3) is 0.444. The van der Waals surface area contributed by atoms with Crippen LogP contribution >= 0.6 is 15.9 Å². The fourth-order valence-electron chi connectivity index (χ4n) is 3.35. The molecule has 1 aromatic carbocycles. The van der Waals surface area contributed by atoms with Crippen molar-refractivity contribution in [1.82, 2.24) is 14.8 Å². The van der Waals surface area contributed by atoms with Crippen LogP contribution in [0.2, 0.25) is 0 Å². The van der Waals surface area contributed by atoms with Gasteiger partial charge in [0, 0.05) is 19.1 Å². The minimum Gasteiger partial charge on any atom is -0.360 e. The summed E-state index contributed by atoms with van der Waals surface area (Å²) in [5, 5.41) is 6.58. The second kappa shape index (κ2) is 8.30. The largest absolute Gasteiger partial charge is 0.360 e. The number of sulfonamides is 1. The minimum atomic E-state index is -3.68. The zero-order valence-corrected chi connectivity index (χ0v) is 17.9. The van der Waals surface area contributed by atoms with Gasteiger partial charge in [-0.3, -0.25) is 4.79 Å². The smallest absolute Gasteiger partial charge is 0.248 e. The number of rotatable bonds is 5. The van der Waals surface area contributed by atoms with Crippen molar-refractivity contribution in [2.45, 2.75) is 44.0 Å². The van der Waals surface area contributed by atoms with E-state index >= 15 is 0 Å². The Bertz CT molecular complexity index is 965. The lowest BCUT2D eigenvalue weighted by Gasteiger charge is -2.31. The molecule has 0 spiro atoms. The molecule has 1 aliphatic heterocycles. The van der Waals surface area contributed by atoms with Crippen molar-refractivity contribution in [1.29, 1.82) is 0 Å². The SMILES string of the molecule is Cc1noc(C)c1S(=O)(=O)N1CCC(NC(=O)Cc2cccc(Br)c2F)CC1. The van der Waals surface area contributed by atoms with Crippen LogP contribution in [0.3, 0.4) is 0 Å². The molecule has 1 N–H and O–H groups in total. The summed E-state index contributed by atoms with van der Waals surface area (Å²) in [6, 6.07) is 4.66. The lowest BCUT2D eigenvalue weighted by Crippen LogP contribution is -2.47. The fourth-order valence-corrected chi connectivity index (χ4v) is 5.52. The number of amides is 1. The number of aromatic nitrogens is 1. The Morgan fingerprint density at radius 1 is 1.36 bits per heavy atom. The first-order valence-corrected chi connectivity index (χ1v) is 11.1. The van der Waals surface area contributed by atoms with Crippen molar-refractivity contribution in [3.63, 3.8) is 0 Å². The molecule has 10 heteroatoms. The molecule has 0 radical (unpaired) electrons. The maximum Gasteiger partial charge on any atom is 0.248 e. The van der Waals surface area contributed by atoms with Crippen LogP contribution in [0.15, 0.2) is 32.1 Å². The van der Waals surface area contributed by atoms with Crippen molar-refractivity contribution < 1.29 is 22.1 Å². The normalized spacial score (nSPS) is 16.3. The third-order valence-corrected chi connectivity index (χ3v) is 7.52. The molecule has 1 aliphatic rings. The van der Waals surface area contributed by atoms with Crippen LogP contribution in [0.1, 0.15) is 29.9 Å². The number of piperidine rings is 1. The van der Waals surface area contributed by atoms with Gasteiger partial charge in [0.2, 0.25) is 15.9 Å². The molecule has 3 rings (SSSR count). The molecule has 1 amide bonds. The van der Waals surface area contributed by atoms with E-state index in [-0.39, 0.29) is 42.1 Å². The van der Waals surface area contributed by atoms with E-state index in [0.29, 0.717) is 28.6 Å². The van der Waals surface area contributed by atoms with Crippen molar-refractivity contribution in [3.05, 3.63) is 45.5 Å². The number of carbonyl (C=O) groups is 1. The molecule has 152 valence electrons. The van der Waals surface area contributed by atoms with E-state index in [0.717, 1.165) is 0 Å². The van der Waals surface area contributed by atoms with Crippen LogP contribution in [0, 0.1) is 19.7 Å². The predicted molar refractivity (Wildman–Crippen MR) is 104 cm³/mol. The van der Waals surface area contributed by atoms with E-state index in [1.807, 2.05) is 0 Å². The number of benzene rings is 1. The third kappa shape index (κ3) is 4.28. The van der Waals surface area contributed by atoms with Gasteiger partial charge in [0.05, 0.1) is 10.9 Å². The monoisotopic (exact) mass is 473 g/mol. The molecule has 1 saturated heterocycles. The van der Waals surface area contributed by atoms with Gasteiger partial charge in [-0.2, -0.15) is 4.31 Å². The second-order valence-corrected chi connectivity index (χ2v) is 9.52. The lowest BCUT2D eigenvalue weighted by molar-refractivity contribution is -0.121. The molecule has 0 saturated carbocycles. The Morgan fingerprint density at radius 2 is 2.04 bits per heavy atom. The van der Waals surface area contributed by atoms with Crippen LogP contribution in [-0.2, 0) is 21.2 Å². The summed E-state index contributed by atoms with van der Waals surface area (Å²) >= 11 is 3.11. The second-order valence-electron chi connectivity index (χ2n) is 6.79. The van der Waals surface area contributed by atoms with E-state index in [9.17, 15) is 17.6 Å². The average Bonchev–Trinajstić information content (AvgIpc) is 2.98. The van der Waals surface area contributed by atoms with Gasteiger partial charge in [-0.15, -0.1) is 0 Å². The highest BCUT2D eigenvalue weighted by atomic mass is 79.9. The van der Waals surface area contributed by atoms with Crippen molar-refractivity contribution in [3.8, 4) is 0 Å². The molecule has 0 bridgehead atoms. The first-order chi connectivity index (χ1) is 13.2. The van der Waals surface area contributed by atoms with Gasteiger partial charge in [0.15, 0.2) is 5.76 Å². The van der Waals surface area contributed by atoms with Crippen molar-refractivity contribution in [2.24, 2.45) is 0 Å². The Hall–Kier alpha value is -1.78. The van der Waals surface area contributed by atoms with Crippen molar-refractivity contribution >= 4 is 31.9 Å². The number of hydrogen-bond donors (Lipinski definition) is 1. The summed E-state index contributed by atoms with van der Waals surface area (Å²) in [4.78, 5) is 12.4. The van der Waals surface area contributed by atoms with E-state index < -0.39 is 15.8 Å². The van der Waals surface area contributed by atoms with Crippen LogP contribution in [0.5, 0.6) is 0 Å². The molecule has 0 aliphatic carbocycles. The average molecular weight is 474 g/mol. The van der Waals surface area contributed by atoms with Gasteiger partial charge >= 0.3 is 0 Å². The molecule has 2 heterocycles. The molecule has 28 heavy (non-hydrogen) atoms. The van der Waals surface area contributed by atoms with E-state index in [4.69, 9.17) is 4.52 Å². The summed E-state index contributed by atoms with van der Waals surface area (Å²) in [6.07, 6.45) is 0.896. The molecule has 1 aromatic heterocycles. The van der Waals surface area contributed by atoms with Crippen molar-refractivity contribution in [2.75, 3.05) is 13.1 Å². The molecular formula is C18H21BrFN3O4S. The quantitative estimate of drug-likeness (QED) is 0.720. The molecule has 0 atom stereocenters. The summed E-state index contributed by atoms with van der Waals surface area (Å²) in [7, 11) is -3.68. The van der Waals surface area contributed by atoms with Crippen LogP contribution in [0.25, 0.3) is 0 Å². The predicted octanol–water partition coefficient (Wildman–Crippen LogP) is 2.71. The van der Waals surface area contributed by atoms with E-state index in [2.05, 4.69) is 26.4 Å². The maximum absolute atomic E-state index is 14.0. The molecule has 2 aromatic rings. The zero-order chi connectivity index (χ0) is 20.5. The summed E-state index contributed by atoms with van der Waals surface area (Å²) in [5.74, 6) is -0.467.